The molecule has 160 valence electrons. The van der Waals surface area contributed by atoms with Crippen molar-refractivity contribution in [2.24, 2.45) is 5.14 Å². The minimum absolute atomic E-state index is 0.0694. The van der Waals surface area contributed by atoms with Crippen LogP contribution in [0.5, 0.6) is 0 Å². The fraction of sp³-hybridized carbons (Fsp3) is 0.167. The van der Waals surface area contributed by atoms with Crippen LogP contribution in [0, 0.1) is 0 Å². The highest BCUT2D eigenvalue weighted by Crippen LogP contribution is 2.34. The van der Waals surface area contributed by atoms with Crippen molar-refractivity contribution in [2.75, 3.05) is 11.1 Å². The summed E-state index contributed by atoms with van der Waals surface area (Å²) in [6.45, 7) is 1.24. The molecular formula is C18H19N3O6S3. The van der Waals surface area contributed by atoms with Crippen LogP contribution in [0.15, 0.2) is 58.3 Å². The Morgan fingerprint density at radius 3 is 2.30 bits per heavy atom. The van der Waals surface area contributed by atoms with E-state index in [2.05, 4.69) is 10.6 Å². The third kappa shape index (κ3) is 7.06. The van der Waals surface area contributed by atoms with Crippen LogP contribution in [-0.2, 0) is 19.6 Å². The van der Waals surface area contributed by atoms with Gasteiger partial charge in [0, 0.05) is 23.3 Å². The first kappa shape index (κ1) is 23.7. The van der Waals surface area contributed by atoms with Crippen LogP contribution in [0.2, 0.25) is 0 Å². The average Bonchev–Trinajstić information content (AvgIpc) is 2.67. The Morgan fingerprint density at radius 1 is 1.10 bits per heavy atom. The number of hydrogen-bond donors (Lipinski definition) is 4. The minimum Gasteiger partial charge on any atom is -0.480 e. The summed E-state index contributed by atoms with van der Waals surface area (Å²) >= 11 is 0. The molecule has 2 rings (SSSR count). The van der Waals surface area contributed by atoms with Gasteiger partial charge in [0.2, 0.25) is 15.9 Å². The van der Waals surface area contributed by atoms with Gasteiger partial charge in [-0.2, -0.15) is 0 Å². The number of hydrogen-bond acceptors (Lipinski definition) is 7. The third-order valence-corrected chi connectivity index (χ3v) is 6.98. The Balaban J connectivity index is 2.06. The molecule has 0 spiro atoms. The zero-order chi connectivity index (χ0) is 22.3. The molecule has 0 saturated carbocycles. The van der Waals surface area contributed by atoms with Crippen LogP contribution >= 0.6 is 21.6 Å². The number of sulfonamides is 1. The van der Waals surface area contributed by atoms with Gasteiger partial charge in [-0.25, -0.2) is 18.4 Å². The van der Waals surface area contributed by atoms with Gasteiger partial charge in [0.25, 0.3) is 5.91 Å². The molecule has 12 heteroatoms. The van der Waals surface area contributed by atoms with Gasteiger partial charge in [-0.3, -0.25) is 9.59 Å². The molecular weight excluding hydrogens is 450 g/mol. The van der Waals surface area contributed by atoms with Crippen molar-refractivity contribution in [3.63, 3.8) is 0 Å². The molecule has 0 heterocycles. The fourth-order valence-electron chi connectivity index (χ4n) is 2.24. The number of amides is 2. The number of carboxylic acid groups (broad SMARTS) is 1. The van der Waals surface area contributed by atoms with Gasteiger partial charge < -0.3 is 15.7 Å². The molecule has 5 N–H and O–H groups in total. The van der Waals surface area contributed by atoms with Crippen LogP contribution in [0.4, 0.5) is 5.69 Å². The quantitative estimate of drug-likeness (QED) is 0.406. The van der Waals surface area contributed by atoms with Crippen LogP contribution < -0.4 is 15.8 Å². The lowest BCUT2D eigenvalue weighted by Crippen LogP contribution is -2.41. The molecule has 0 saturated heterocycles. The molecule has 0 aliphatic carbocycles. The SMILES string of the molecule is CC(=O)NC(CSSc1ccccc1C(=O)Nc1ccc(S(N)(=O)=O)cc1)C(=O)O. The van der Waals surface area contributed by atoms with Gasteiger partial charge in [-0.05, 0) is 36.4 Å². The first-order valence-electron chi connectivity index (χ1n) is 8.40. The Morgan fingerprint density at radius 2 is 1.73 bits per heavy atom. The number of carbonyl (C=O) groups is 3. The number of nitrogens with two attached hydrogens (primary N) is 1. The van der Waals surface area contributed by atoms with E-state index in [0.717, 1.165) is 0 Å². The first-order chi connectivity index (χ1) is 14.1. The number of nitrogens with one attached hydrogen (secondary N) is 2. The lowest BCUT2D eigenvalue weighted by Gasteiger charge is -2.13. The van der Waals surface area contributed by atoms with Crippen molar-refractivity contribution in [1.29, 1.82) is 0 Å². The number of primary sulfonamides is 1. The smallest absolute Gasteiger partial charge is 0.327 e. The number of anilines is 1. The van der Waals surface area contributed by atoms with E-state index in [1.165, 1.54) is 52.8 Å². The van der Waals surface area contributed by atoms with Gasteiger partial charge in [0.05, 0.1) is 10.5 Å². The van der Waals surface area contributed by atoms with E-state index in [4.69, 9.17) is 10.2 Å². The standard InChI is InChI=1S/C18H19N3O6S3/c1-11(22)20-15(18(24)25)10-28-29-16-5-3-2-4-14(16)17(23)21-12-6-8-13(9-7-12)30(19,26)27/h2-9,15H,10H2,1H3,(H,20,22)(H,21,23)(H,24,25)(H2,19,26,27). The molecule has 1 unspecified atom stereocenters. The van der Waals surface area contributed by atoms with E-state index < -0.39 is 33.8 Å². The molecule has 0 fully saturated rings. The third-order valence-electron chi connectivity index (χ3n) is 3.63. The molecule has 2 aromatic rings. The topological polar surface area (TPSA) is 156 Å². The molecule has 0 aliphatic heterocycles. The van der Waals surface area contributed by atoms with Crippen LogP contribution in [0.25, 0.3) is 0 Å². The lowest BCUT2D eigenvalue weighted by atomic mass is 10.2. The molecule has 2 amide bonds. The molecule has 0 aromatic heterocycles. The van der Waals surface area contributed by atoms with Crippen LogP contribution in [0.1, 0.15) is 17.3 Å². The highest BCUT2D eigenvalue weighted by Gasteiger charge is 2.19. The van der Waals surface area contributed by atoms with Crippen molar-refractivity contribution in [2.45, 2.75) is 22.8 Å². The summed E-state index contributed by atoms with van der Waals surface area (Å²) in [7, 11) is -1.43. The second-order valence-electron chi connectivity index (χ2n) is 5.98. The Kier molecular flexibility index (Phi) is 8.29. The number of carbonyl (C=O) groups excluding carboxylic acids is 2. The van der Waals surface area contributed by atoms with Gasteiger partial charge in [0.15, 0.2) is 0 Å². The van der Waals surface area contributed by atoms with E-state index in [-0.39, 0.29) is 10.6 Å². The van der Waals surface area contributed by atoms with Gasteiger partial charge in [-0.15, -0.1) is 0 Å². The highest BCUT2D eigenvalue weighted by molar-refractivity contribution is 8.76. The first-order valence-corrected chi connectivity index (χ1v) is 12.3. The van der Waals surface area contributed by atoms with Gasteiger partial charge >= 0.3 is 5.97 Å². The molecule has 0 radical (unpaired) electrons. The largest absolute Gasteiger partial charge is 0.480 e. The molecule has 0 bridgehead atoms. The number of benzene rings is 2. The molecule has 30 heavy (non-hydrogen) atoms. The van der Waals surface area contributed by atoms with Crippen molar-refractivity contribution in [3.05, 3.63) is 54.1 Å². The predicted octanol–water partition coefficient (Wildman–Crippen LogP) is 1.92. The van der Waals surface area contributed by atoms with Gasteiger partial charge in [-0.1, -0.05) is 33.7 Å². The maximum Gasteiger partial charge on any atom is 0.327 e. The number of rotatable bonds is 9. The maximum absolute atomic E-state index is 12.6. The van der Waals surface area contributed by atoms with E-state index in [1.807, 2.05) is 0 Å². The normalized spacial score (nSPS) is 12.1. The van der Waals surface area contributed by atoms with Crippen molar-refractivity contribution >= 4 is 55.1 Å². The van der Waals surface area contributed by atoms with E-state index >= 15 is 0 Å². The Bertz CT molecular complexity index is 1040. The fourth-order valence-corrected chi connectivity index (χ4v) is 5.13. The summed E-state index contributed by atoms with van der Waals surface area (Å²) in [5.41, 5.74) is 0.744. The van der Waals surface area contributed by atoms with E-state index in [1.54, 1.807) is 24.3 Å². The number of carboxylic acids is 1. The van der Waals surface area contributed by atoms with Crippen LogP contribution in [-0.4, -0.2) is 43.1 Å². The lowest BCUT2D eigenvalue weighted by molar-refractivity contribution is -0.140. The number of aliphatic carboxylic acids is 1. The summed E-state index contributed by atoms with van der Waals surface area (Å²) in [5.74, 6) is -1.91. The maximum atomic E-state index is 12.6. The monoisotopic (exact) mass is 469 g/mol. The van der Waals surface area contributed by atoms with Crippen molar-refractivity contribution in [1.82, 2.24) is 5.32 Å². The van der Waals surface area contributed by atoms with Gasteiger partial charge in [0.1, 0.15) is 6.04 Å². The molecule has 9 nitrogen and oxygen atoms in total. The zero-order valence-corrected chi connectivity index (χ0v) is 18.1. The molecule has 1 atom stereocenters. The predicted molar refractivity (Wildman–Crippen MR) is 116 cm³/mol. The second-order valence-corrected chi connectivity index (χ2v) is 9.92. The van der Waals surface area contributed by atoms with E-state index in [0.29, 0.717) is 16.1 Å². The summed E-state index contributed by atoms with van der Waals surface area (Å²) in [5, 5.41) is 19.2. The second kappa shape index (κ2) is 10.5. The Hall–Kier alpha value is -2.54. The van der Waals surface area contributed by atoms with Crippen LogP contribution in [0.3, 0.4) is 0 Å². The Labute approximate surface area is 181 Å². The average molecular weight is 470 g/mol. The summed E-state index contributed by atoms with van der Waals surface area (Å²) in [6.07, 6.45) is 0. The molecule has 0 aliphatic rings. The summed E-state index contributed by atoms with van der Waals surface area (Å²) in [6, 6.07) is 11.1. The van der Waals surface area contributed by atoms with Crippen molar-refractivity contribution in [3.8, 4) is 0 Å². The summed E-state index contributed by atoms with van der Waals surface area (Å²) in [4.78, 5) is 35.5. The zero-order valence-electron chi connectivity index (χ0n) is 15.7. The van der Waals surface area contributed by atoms with Crippen molar-refractivity contribution < 1.29 is 27.9 Å². The molecule has 2 aromatic carbocycles. The van der Waals surface area contributed by atoms with E-state index in [9.17, 15) is 22.8 Å². The minimum atomic E-state index is -3.82. The highest BCUT2D eigenvalue weighted by atomic mass is 33.1. The summed E-state index contributed by atoms with van der Waals surface area (Å²) < 4.78 is 22.6.